The van der Waals surface area contributed by atoms with Crippen LogP contribution in [0.3, 0.4) is 0 Å². The number of benzene rings is 1. The number of fused-ring (bicyclic) bond motifs is 1. The van der Waals surface area contributed by atoms with E-state index in [9.17, 15) is 18.4 Å². The Bertz CT molecular complexity index is 755. The zero-order valence-corrected chi connectivity index (χ0v) is 11.6. The fourth-order valence-corrected chi connectivity index (χ4v) is 2.07. The Morgan fingerprint density at radius 1 is 1.26 bits per heavy atom. The maximum Gasteiger partial charge on any atom is 0.482 e. The van der Waals surface area contributed by atoms with E-state index in [0.29, 0.717) is 4.90 Å². The number of nitrogens with zero attached hydrogens (tertiary/aromatic N) is 3. The summed E-state index contributed by atoms with van der Waals surface area (Å²) >= 11 is 0. The van der Waals surface area contributed by atoms with Crippen molar-refractivity contribution >= 4 is 23.3 Å². The van der Waals surface area contributed by atoms with Gasteiger partial charge in [-0.25, -0.2) is 0 Å². The van der Waals surface area contributed by atoms with Crippen molar-refractivity contribution in [2.75, 3.05) is 16.8 Å². The molecule has 23 heavy (non-hydrogen) atoms. The van der Waals surface area contributed by atoms with E-state index in [2.05, 4.69) is 20.3 Å². The molecule has 0 aliphatic carbocycles. The van der Waals surface area contributed by atoms with Gasteiger partial charge in [0, 0.05) is 6.20 Å². The normalized spacial score (nSPS) is 15.6. The van der Waals surface area contributed by atoms with Crippen LogP contribution in [0.4, 0.5) is 20.3 Å². The van der Waals surface area contributed by atoms with Crippen LogP contribution in [0.15, 0.2) is 42.6 Å². The average Bonchev–Trinajstić information content (AvgIpc) is 2.52. The molecular formula is C14H10F2N4O3. The van der Waals surface area contributed by atoms with Crippen LogP contribution in [-0.4, -0.2) is 34.7 Å². The molecule has 1 aromatic carbocycles. The van der Waals surface area contributed by atoms with Crippen LogP contribution < -0.4 is 15.0 Å². The Kier molecular flexibility index (Phi) is 3.61. The maximum absolute atomic E-state index is 13.6. The standard InChI is InChI=1S/C14H10F2N4O3/c15-14(16)13(22)20(9-4-1-2-5-10(9)23-14)8-12(21)18-11-6-3-7-17-19-11/h1-7H,8H2,(H,18,19,21). The molecule has 2 heterocycles. The lowest BCUT2D eigenvalue weighted by Gasteiger charge is -2.32. The number of amides is 2. The smallest absolute Gasteiger partial charge is 0.423 e. The number of hydrogen-bond donors (Lipinski definition) is 1. The molecule has 118 valence electrons. The second-order valence-corrected chi connectivity index (χ2v) is 4.63. The van der Waals surface area contributed by atoms with Gasteiger partial charge in [-0.1, -0.05) is 12.1 Å². The number of ether oxygens (including phenoxy) is 1. The zero-order valence-electron chi connectivity index (χ0n) is 11.6. The van der Waals surface area contributed by atoms with Gasteiger partial charge in [-0.2, -0.15) is 13.9 Å². The van der Waals surface area contributed by atoms with Gasteiger partial charge in [0.2, 0.25) is 5.91 Å². The van der Waals surface area contributed by atoms with E-state index in [-0.39, 0.29) is 17.3 Å². The number of alkyl halides is 2. The number of anilines is 2. The highest BCUT2D eigenvalue weighted by molar-refractivity contribution is 6.06. The summed E-state index contributed by atoms with van der Waals surface area (Å²) in [5.41, 5.74) is 0.0951. The van der Waals surface area contributed by atoms with Gasteiger partial charge in [0.25, 0.3) is 0 Å². The SMILES string of the molecule is O=C(CN1C(=O)C(F)(F)Oc2ccccc21)Nc1cccnn1. The monoisotopic (exact) mass is 320 g/mol. The van der Waals surface area contributed by atoms with Crippen molar-refractivity contribution in [1.82, 2.24) is 10.2 Å². The van der Waals surface area contributed by atoms with Gasteiger partial charge in [-0.3, -0.25) is 14.5 Å². The fourth-order valence-electron chi connectivity index (χ4n) is 2.07. The molecule has 9 heteroatoms. The van der Waals surface area contributed by atoms with Gasteiger partial charge in [-0.05, 0) is 24.3 Å². The second-order valence-electron chi connectivity index (χ2n) is 4.63. The largest absolute Gasteiger partial charge is 0.482 e. The molecule has 7 nitrogen and oxygen atoms in total. The molecule has 0 atom stereocenters. The van der Waals surface area contributed by atoms with Crippen LogP contribution in [0.5, 0.6) is 5.75 Å². The first-order valence-electron chi connectivity index (χ1n) is 6.53. The molecule has 0 fully saturated rings. The summed E-state index contributed by atoms with van der Waals surface area (Å²) in [6.45, 7) is -0.606. The third-order valence-corrected chi connectivity index (χ3v) is 3.03. The summed E-state index contributed by atoms with van der Waals surface area (Å²) < 4.78 is 31.7. The van der Waals surface area contributed by atoms with Crippen molar-refractivity contribution in [2.45, 2.75) is 6.11 Å². The van der Waals surface area contributed by atoms with E-state index < -0.39 is 24.5 Å². The first kappa shape index (κ1) is 14.8. The van der Waals surface area contributed by atoms with Crippen LogP contribution in [0.1, 0.15) is 0 Å². The number of rotatable bonds is 3. The first-order valence-corrected chi connectivity index (χ1v) is 6.53. The van der Waals surface area contributed by atoms with Crippen LogP contribution >= 0.6 is 0 Å². The molecule has 1 aliphatic rings. The molecule has 0 saturated carbocycles. The number of halogens is 2. The minimum Gasteiger partial charge on any atom is -0.423 e. The lowest BCUT2D eigenvalue weighted by Crippen LogP contribution is -2.52. The highest BCUT2D eigenvalue weighted by Gasteiger charge is 2.50. The van der Waals surface area contributed by atoms with E-state index in [1.165, 1.54) is 30.5 Å². The number of carbonyl (C=O) groups excluding carboxylic acids is 2. The number of nitrogens with one attached hydrogen (secondary N) is 1. The topological polar surface area (TPSA) is 84.4 Å². The van der Waals surface area contributed by atoms with E-state index in [1.807, 2.05) is 0 Å². The van der Waals surface area contributed by atoms with Gasteiger partial charge in [0.1, 0.15) is 6.54 Å². The Balaban J connectivity index is 1.83. The van der Waals surface area contributed by atoms with E-state index in [0.717, 1.165) is 0 Å². The van der Waals surface area contributed by atoms with Crippen molar-refractivity contribution in [3.05, 3.63) is 42.6 Å². The summed E-state index contributed by atoms with van der Waals surface area (Å²) in [6, 6.07) is 8.77. The quantitative estimate of drug-likeness (QED) is 0.925. The molecule has 1 aliphatic heterocycles. The maximum atomic E-state index is 13.6. The van der Waals surface area contributed by atoms with Crippen LogP contribution in [-0.2, 0) is 9.59 Å². The minimum atomic E-state index is -4.03. The molecule has 0 radical (unpaired) electrons. The number of carbonyl (C=O) groups is 2. The number of hydrogen-bond acceptors (Lipinski definition) is 5. The Morgan fingerprint density at radius 3 is 2.78 bits per heavy atom. The van der Waals surface area contributed by atoms with Crippen molar-refractivity contribution in [1.29, 1.82) is 0 Å². The van der Waals surface area contributed by atoms with Gasteiger partial charge in [0.05, 0.1) is 5.69 Å². The molecule has 0 spiro atoms. The highest BCUT2D eigenvalue weighted by atomic mass is 19.3. The predicted molar refractivity (Wildman–Crippen MR) is 75.0 cm³/mol. The summed E-state index contributed by atoms with van der Waals surface area (Å²) in [7, 11) is 0. The Labute approximate surface area is 128 Å². The lowest BCUT2D eigenvalue weighted by molar-refractivity contribution is -0.192. The van der Waals surface area contributed by atoms with Gasteiger partial charge in [-0.15, -0.1) is 5.10 Å². The molecular weight excluding hydrogens is 310 g/mol. The number of para-hydroxylation sites is 2. The summed E-state index contributed by atoms with van der Waals surface area (Å²) in [5.74, 6) is -2.32. The van der Waals surface area contributed by atoms with Crippen LogP contribution in [0, 0.1) is 0 Å². The Morgan fingerprint density at radius 2 is 2.04 bits per heavy atom. The summed E-state index contributed by atoms with van der Waals surface area (Å²) in [4.78, 5) is 24.5. The van der Waals surface area contributed by atoms with Gasteiger partial charge >= 0.3 is 12.0 Å². The minimum absolute atomic E-state index is 0.0951. The van der Waals surface area contributed by atoms with Crippen molar-refractivity contribution in [2.24, 2.45) is 0 Å². The molecule has 0 unspecified atom stereocenters. The summed E-state index contributed by atoms with van der Waals surface area (Å²) in [6.07, 6.45) is -2.61. The van der Waals surface area contributed by atoms with Crippen LogP contribution in [0.2, 0.25) is 0 Å². The molecule has 3 rings (SSSR count). The molecule has 0 saturated heterocycles. The first-order chi connectivity index (χ1) is 11.0. The lowest BCUT2D eigenvalue weighted by atomic mass is 10.2. The average molecular weight is 320 g/mol. The predicted octanol–water partition coefficient (Wildman–Crippen LogP) is 1.43. The highest BCUT2D eigenvalue weighted by Crippen LogP contribution is 2.38. The van der Waals surface area contributed by atoms with Crippen LogP contribution in [0.25, 0.3) is 0 Å². The van der Waals surface area contributed by atoms with Crippen molar-refractivity contribution in [3.63, 3.8) is 0 Å². The third-order valence-electron chi connectivity index (χ3n) is 3.03. The van der Waals surface area contributed by atoms with E-state index >= 15 is 0 Å². The molecule has 2 amide bonds. The Hall–Kier alpha value is -3.10. The van der Waals surface area contributed by atoms with E-state index in [1.54, 1.807) is 12.1 Å². The van der Waals surface area contributed by atoms with Gasteiger partial charge in [0.15, 0.2) is 11.6 Å². The molecule has 0 bridgehead atoms. The second kappa shape index (κ2) is 5.59. The van der Waals surface area contributed by atoms with Crippen molar-refractivity contribution in [3.8, 4) is 5.75 Å². The van der Waals surface area contributed by atoms with Crippen molar-refractivity contribution < 1.29 is 23.1 Å². The van der Waals surface area contributed by atoms with E-state index in [4.69, 9.17) is 0 Å². The zero-order chi connectivity index (χ0) is 16.4. The third kappa shape index (κ3) is 2.93. The molecule has 1 N–H and O–H groups in total. The summed E-state index contributed by atoms with van der Waals surface area (Å²) in [5, 5.41) is 9.59. The number of aromatic nitrogens is 2. The fraction of sp³-hybridized carbons (Fsp3) is 0.143. The van der Waals surface area contributed by atoms with Gasteiger partial charge < -0.3 is 10.1 Å². The molecule has 1 aromatic heterocycles. The molecule has 2 aromatic rings.